The maximum Gasteiger partial charge on any atom is 0.252 e. The molecule has 0 aliphatic heterocycles. The van der Waals surface area contributed by atoms with Gasteiger partial charge in [-0.25, -0.2) is 4.39 Å². The number of hydrogen-bond donors (Lipinski definition) is 2. The summed E-state index contributed by atoms with van der Waals surface area (Å²) in [4.78, 5) is 11.5. The molecule has 16 heavy (non-hydrogen) atoms. The molecule has 0 unspecified atom stereocenters. The minimum Gasteiger partial charge on any atom is -0.396 e. The summed E-state index contributed by atoms with van der Waals surface area (Å²) < 4.78 is 13.1. The summed E-state index contributed by atoms with van der Waals surface area (Å²) in [6, 6.07) is 2.17. The van der Waals surface area contributed by atoms with Crippen LogP contribution < -0.4 is 5.32 Å². The van der Waals surface area contributed by atoms with Gasteiger partial charge >= 0.3 is 0 Å². The van der Waals surface area contributed by atoms with Gasteiger partial charge in [0, 0.05) is 13.2 Å². The third-order valence-electron chi connectivity index (χ3n) is 1.88. The van der Waals surface area contributed by atoms with Crippen molar-refractivity contribution in [1.29, 1.82) is 0 Å². The van der Waals surface area contributed by atoms with Crippen molar-refractivity contribution in [2.45, 2.75) is 6.42 Å². The Bertz CT molecular complexity index is 399. The Balaban J connectivity index is 2.79. The number of carbonyl (C=O) groups is 1. The van der Waals surface area contributed by atoms with Crippen LogP contribution in [-0.4, -0.2) is 24.2 Å². The van der Waals surface area contributed by atoms with E-state index >= 15 is 0 Å². The summed E-state index contributed by atoms with van der Waals surface area (Å²) in [5.41, 5.74) is 0.0292. The molecule has 0 atom stereocenters. The number of rotatable bonds is 4. The highest BCUT2D eigenvalue weighted by Gasteiger charge is 2.13. The zero-order valence-corrected chi connectivity index (χ0v) is 9.78. The summed E-state index contributed by atoms with van der Waals surface area (Å²) in [5, 5.41) is 11.0. The van der Waals surface area contributed by atoms with Gasteiger partial charge in [-0.1, -0.05) is 23.2 Å². The summed E-state index contributed by atoms with van der Waals surface area (Å²) >= 11 is 11.2. The number of carbonyl (C=O) groups excluding carboxylic acids is 1. The molecule has 0 saturated carbocycles. The lowest BCUT2D eigenvalue weighted by Crippen LogP contribution is -2.25. The van der Waals surface area contributed by atoms with E-state index in [1.54, 1.807) is 0 Å². The van der Waals surface area contributed by atoms with Gasteiger partial charge in [-0.05, 0) is 18.6 Å². The number of aliphatic hydroxyl groups is 1. The molecule has 0 fully saturated rings. The average Bonchev–Trinajstić information content (AvgIpc) is 2.23. The number of halogens is 3. The van der Waals surface area contributed by atoms with Crippen molar-refractivity contribution in [3.63, 3.8) is 0 Å². The van der Waals surface area contributed by atoms with E-state index in [2.05, 4.69) is 5.32 Å². The van der Waals surface area contributed by atoms with E-state index in [-0.39, 0.29) is 22.2 Å². The van der Waals surface area contributed by atoms with Crippen LogP contribution in [0.3, 0.4) is 0 Å². The minimum absolute atomic E-state index is 0.0248. The molecule has 1 rings (SSSR count). The maximum absolute atomic E-state index is 13.1. The fraction of sp³-hybridized carbons (Fsp3) is 0.300. The Morgan fingerprint density at radius 3 is 2.69 bits per heavy atom. The number of aliphatic hydroxyl groups excluding tert-OH is 1. The Labute approximate surface area is 102 Å². The van der Waals surface area contributed by atoms with Crippen LogP contribution in [-0.2, 0) is 0 Å². The molecule has 0 saturated heterocycles. The van der Waals surface area contributed by atoms with Crippen LogP contribution in [0.5, 0.6) is 0 Å². The molecule has 0 spiro atoms. The first-order valence-electron chi connectivity index (χ1n) is 4.60. The molecule has 0 heterocycles. The Kier molecular flexibility index (Phi) is 4.99. The van der Waals surface area contributed by atoms with Crippen molar-refractivity contribution in [3.8, 4) is 0 Å². The van der Waals surface area contributed by atoms with Crippen LogP contribution in [0.15, 0.2) is 12.1 Å². The molecular formula is C10H10Cl2FNO2. The lowest BCUT2D eigenvalue weighted by molar-refractivity contribution is 0.0951. The third-order valence-corrected chi connectivity index (χ3v) is 2.48. The van der Waals surface area contributed by atoms with Gasteiger partial charge in [-0.3, -0.25) is 4.79 Å². The molecule has 0 aliphatic rings. The predicted molar refractivity (Wildman–Crippen MR) is 60.5 cm³/mol. The average molecular weight is 266 g/mol. The standard InChI is InChI=1S/C10H10Cl2FNO2/c11-7-5-8(12)9(13)4-6(7)10(16)14-2-1-3-15/h4-5,15H,1-3H2,(H,14,16). The lowest BCUT2D eigenvalue weighted by Gasteiger charge is -2.06. The monoisotopic (exact) mass is 265 g/mol. The first kappa shape index (κ1) is 13.2. The first-order chi connectivity index (χ1) is 7.56. The van der Waals surface area contributed by atoms with Gasteiger partial charge in [0.1, 0.15) is 5.82 Å². The van der Waals surface area contributed by atoms with Crippen LogP contribution in [0.25, 0.3) is 0 Å². The largest absolute Gasteiger partial charge is 0.396 e. The second-order valence-electron chi connectivity index (χ2n) is 3.08. The smallest absolute Gasteiger partial charge is 0.252 e. The fourth-order valence-electron chi connectivity index (χ4n) is 1.07. The molecule has 3 nitrogen and oxygen atoms in total. The maximum atomic E-state index is 13.1. The van der Waals surface area contributed by atoms with Gasteiger partial charge in [0.2, 0.25) is 0 Å². The highest BCUT2D eigenvalue weighted by molar-refractivity contribution is 6.36. The summed E-state index contributed by atoms with van der Waals surface area (Å²) in [6.07, 6.45) is 0.430. The molecule has 1 aromatic rings. The fourth-order valence-corrected chi connectivity index (χ4v) is 1.54. The first-order valence-corrected chi connectivity index (χ1v) is 5.35. The number of amides is 1. The summed E-state index contributed by atoms with van der Waals surface area (Å²) in [5.74, 6) is -1.19. The molecule has 1 amide bonds. The van der Waals surface area contributed by atoms with Gasteiger partial charge in [-0.2, -0.15) is 0 Å². The molecule has 0 aliphatic carbocycles. The minimum atomic E-state index is -0.696. The molecule has 0 bridgehead atoms. The van der Waals surface area contributed by atoms with Crippen molar-refractivity contribution in [2.24, 2.45) is 0 Å². The van der Waals surface area contributed by atoms with Crippen molar-refractivity contribution < 1.29 is 14.3 Å². The van der Waals surface area contributed by atoms with E-state index in [1.807, 2.05) is 0 Å². The van der Waals surface area contributed by atoms with Crippen LogP contribution in [0.1, 0.15) is 16.8 Å². The van der Waals surface area contributed by atoms with Gasteiger partial charge in [-0.15, -0.1) is 0 Å². The van der Waals surface area contributed by atoms with E-state index in [4.69, 9.17) is 28.3 Å². The summed E-state index contributed by atoms with van der Waals surface area (Å²) in [6.45, 7) is 0.277. The Morgan fingerprint density at radius 2 is 2.06 bits per heavy atom. The van der Waals surface area contributed by atoms with Crippen molar-refractivity contribution in [1.82, 2.24) is 5.32 Å². The molecule has 2 N–H and O–H groups in total. The normalized spacial score (nSPS) is 10.2. The highest BCUT2D eigenvalue weighted by Crippen LogP contribution is 2.24. The van der Waals surface area contributed by atoms with E-state index in [0.29, 0.717) is 13.0 Å². The van der Waals surface area contributed by atoms with Gasteiger partial charge in [0.05, 0.1) is 15.6 Å². The quantitative estimate of drug-likeness (QED) is 0.648. The SMILES string of the molecule is O=C(NCCCO)c1cc(F)c(Cl)cc1Cl. The van der Waals surface area contributed by atoms with E-state index < -0.39 is 11.7 Å². The second-order valence-corrected chi connectivity index (χ2v) is 3.89. The molecular weight excluding hydrogens is 256 g/mol. The lowest BCUT2D eigenvalue weighted by atomic mass is 10.2. The molecule has 0 aromatic heterocycles. The zero-order chi connectivity index (χ0) is 12.1. The predicted octanol–water partition coefficient (Wildman–Crippen LogP) is 2.24. The number of benzene rings is 1. The number of nitrogens with one attached hydrogen (secondary N) is 1. The molecule has 6 heteroatoms. The van der Waals surface area contributed by atoms with Crippen LogP contribution in [0, 0.1) is 5.82 Å². The van der Waals surface area contributed by atoms with Crippen LogP contribution in [0.2, 0.25) is 10.0 Å². The Hall–Kier alpha value is -0.840. The van der Waals surface area contributed by atoms with Crippen LogP contribution in [0.4, 0.5) is 4.39 Å². The highest BCUT2D eigenvalue weighted by atomic mass is 35.5. The van der Waals surface area contributed by atoms with E-state index in [1.165, 1.54) is 6.07 Å². The van der Waals surface area contributed by atoms with E-state index in [0.717, 1.165) is 6.07 Å². The third kappa shape index (κ3) is 3.33. The van der Waals surface area contributed by atoms with Gasteiger partial charge in [0.25, 0.3) is 5.91 Å². The van der Waals surface area contributed by atoms with Gasteiger partial charge < -0.3 is 10.4 Å². The van der Waals surface area contributed by atoms with Gasteiger partial charge in [0.15, 0.2) is 0 Å². The van der Waals surface area contributed by atoms with Crippen molar-refractivity contribution in [3.05, 3.63) is 33.6 Å². The molecule has 0 radical (unpaired) electrons. The number of hydrogen-bond acceptors (Lipinski definition) is 2. The topological polar surface area (TPSA) is 49.3 Å². The van der Waals surface area contributed by atoms with Crippen LogP contribution >= 0.6 is 23.2 Å². The van der Waals surface area contributed by atoms with Crippen molar-refractivity contribution in [2.75, 3.05) is 13.2 Å². The second kappa shape index (κ2) is 6.03. The molecule has 88 valence electrons. The van der Waals surface area contributed by atoms with Crippen molar-refractivity contribution >= 4 is 29.1 Å². The Morgan fingerprint density at radius 1 is 1.38 bits per heavy atom. The summed E-state index contributed by atoms with van der Waals surface area (Å²) in [7, 11) is 0. The molecule has 1 aromatic carbocycles. The van der Waals surface area contributed by atoms with E-state index in [9.17, 15) is 9.18 Å². The zero-order valence-electron chi connectivity index (χ0n) is 8.27.